The van der Waals surface area contributed by atoms with Crippen LogP contribution in [-0.4, -0.2) is 9.97 Å². The highest BCUT2D eigenvalue weighted by atomic mass is 35.5. The first-order valence-electron chi connectivity index (χ1n) is 4.65. The fourth-order valence-corrected chi connectivity index (χ4v) is 2.36. The lowest BCUT2D eigenvalue weighted by Gasteiger charge is -2.00. The predicted octanol–water partition coefficient (Wildman–Crippen LogP) is 4.84. The van der Waals surface area contributed by atoms with Gasteiger partial charge in [-0.2, -0.15) is 0 Å². The van der Waals surface area contributed by atoms with E-state index in [0.717, 1.165) is 0 Å². The number of rotatable bonds is 1. The molecule has 0 saturated heterocycles. The number of hydrogen-bond donors (Lipinski definition) is 0. The van der Waals surface area contributed by atoms with Crippen LogP contribution >= 0.6 is 46.4 Å². The molecule has 2 nitrogen and oxygen atoms in total. The second kappa shape index (κ2) is 5.40. The molecule has 0 aromatic carbocycles. The molecular weight excluding hydrogens is 302 g/mol. The molecular formula is C11H6Cl4N2. The Kier molecular flexibility index (Phi) is 4.10. The average Bonchev–Trinajstić information content (AvgIpc) is 2.86. The minimum atomic E-state index is 0.0221. The standard InChI is InChI=1S/C6H4.C5H2Cl4N2/c1-2-5-4-6(5)3-1;6-1-2-3(7)10-5(9)11-4(2)8/h1-4H;1H2. The van der Waals surface area contributed by atoms with E-state index in [2.05, 4.69) is 34.2 Å². The summed E-state index contributed by atoms with van der Waals surface area (Å²) in [7, 11) is 0. The minimum Gasteiger partial charge on any atom is -0.206 e. The third-order valence-corrected chi connectivity index (χ3v) is 3.19. The Morgan fingerprint density at radius 2 is 1.47 bits per heavy atom. The zero-order chi connectivity index (χ0) is 12.4. The zero-order valence-electron chi connectivity index (χ0n) is 8.42. The molecule has 0 radical (unpaired) electrons. The van der Waals surface area contributed by atoms with Crippen molar-refractivity contribution in [2.45, 2.75) is 5.88 Å². The molecule has 2 aliphatic rings. The zero-order valence-corrected chi connectivity index (χ0v) is 11.4. The molecule has 0 fully saturated rings. The van der Waals surface area contributed by atoms with E-state index >= 15 is 0 Å². The molecule has 0 bridgehead atoms. The summed E-state index contributed by atoms with van der Waals surface area (Å²) in [6.45, 7) is 0. The lowest BCUT2D eigenvalue weighted by molar-refractivity contribution is 1.12. The van der Waals surface area contributed by atoms with Crippen molar-refractivity contribution in [3.05, 3.63) is 45.4 Å². The molecule has 2 aliphatic carbocycles. The predicted molar refractivity (Wildman–Crippen MR) is 72.1 cm³/mol. The Hall–Kier alpha value is -0.540. The van der Waals surface area contributed by atoms with Gasteiger partial charge in [-0.3, -0.25) is 0 Å². The summed E-state index contributed by atoms with van der Waals surface area (Å²) >= 11 is 22.2. The summed E-state index contributed by atoms with van der Waals surface area (Å²) in [5, 5.41) is 0.420. The molecule has 1 aromatic rings. The molecule has 0 amide bonds. The van der Waals surface area contributed by atoms with Gasteiger partial charge >= 0.3 is 0 Å². The normalized spacial score (nSPS) is 10.6. The van der Waals surface area contributed by atoms with Crippen molar-refractivity contribution in [2.24, 2.45) is 0 Å². The quantitative estimate of drug-likeness (QED) is 0.365. The number of fused-ring (bicyclic) bond motifs is 1. The van der Waals surface area contributed by atoms with Gasteiger partial charge in [0.2, 0.25) is 5.28 Å². The van der Waals surface area contributed by atoms with Crippen molar-refractivity contribution >= 4 is 46.4 Å². The van der Waals surface area contributed by atoms with E-state index < -0.39 is 0 Å². The van der Waals surface area contributed by atoms with E-state index in [4.69, 9.17) is 46.4 Å². The van der Waals surface area contributed by atoms with Crippen molar-refractivity contribution in [1.29, 1.82) is 0 Å². The molecule has 17 heavy (non-hydrogen) atoms. The maximum absolute atomic E-state index is 5.63. The molecule has 0 aliphatic heterocycles. The van der Waals surface area contributed by atoms with Gasteiger partial charge in [0.1, 0.15) is 10.3 Å². The Morgan fingerprint density at radius 1 is 0.941 bits per heavy atom. The molecule has 0 N–H and O–H groups in total. The summed E-state index contributed by atoms with van der Waals surface area (Å²) in [5.74, 6) is 0.175. The average molecular weight is 308 g/mol. The van der Waals surface area contributed by atoms with Crippen LogP contribution in [-0.2, 0) is 5.88 Å². The minimum absolute atomic E-state index is 0.0221. The van der Waals surface area contributed by atoms with E-state index in [1.54, 1.807) is 0 Å². The Morgan fingerprint density at radius 3 is 1.76 bits per heavy atom. The van der Waals surface area contributed by atoms with Crippen molar-refractivity contribution in [2.75, 3.05) is 0 Å². The maximum Gasteiger partial charge on any atom is 0.225 e. The third kappa shape index (κ3) is 3.23. The number of halogens is 4. The Labute approximate surface area is 119 Å². The van der Waals surface area contributed by atoms with Crippen molar-refractivity contribution < 1.29 is 0 Å². The van der Waals surface area contributed by atoms with Gasteiger partial charge < -0.3 is 0 Å². The smallest absolute Gasteiger partial charge is 0.206 e. The van der Waals surface area contributed by atoms with E-state index in [1.165, 1.54) is 11.1 Å². The van der Waals surface area contributed by atoms with Crippen molar-refractivity contribution in [1.82, 2.24) is 9.97 Å². The molecule has 0 unspecified atom stereocenters. The van der Waals surface area contributed by atoms with Crippen LogP contribution in [0.5, 0.6) is 0 Å². The summed E-state index contributed by atoms with van der Waals surface area (Å²) in [4.78, 5) is 7.31. The first-order valence-corrected chi connectivity index (χ1v) is 6.32. The molecule has 6 heteroatoms. The van der Waals surface area contributed by atoms with E-state index in [0.29, 0.717) is 5.56 Å². The van der Waals surface area contributed by atoms with Crippen LogP contribution in [0.2, 0.25) is 15.6 Å². The molecule has 1 aromatic heterocycles. The fourth-order valence-electron chi connectivity index (χ4n) is 1.19. The van der Waals surface area contributed by atoms with Crippen molar-refractivity contribution in [3.63, 3.8) is 0 Å². The monoisotopic (exact) mass is 306 g/mol. The maximum atomic E-state index is 5.63. The van der Waals surface area contributed by atoms with Gasteiger partial charge in [-0.05, 0) is 28.8 Å². The summed E-state index contributed by atoms with van der Waals surface area (Å²) < 4.78 is 0. The van der Waals surface area contributed by atoms with Crippen LogP contribution in [0, 0.1) is 0 Å². The highest BCUT2D eigenvalue weighted by Crippen LogP contribution is 2.32. The lowest BCUT2D eigenvalue weighted by Crippen LogP contribution is -1.91. The molecule has 1 heterocycles. The lowest BCUT2D eigenvalue weighted by atomic mass is 10.4. The Bertz CT molecular complexity index is 517. The van der Waals surface area contributed by atoms with Crippen LogP contribution in [0.15, 0.2) is 24.3 Å². The third-order valence-electron chi connectivity index (χ3n) is 2.13. The highest BCUT2D eigenvalue weighted by molar-refractivity contribution is 6.37. The van der Waals surface area contributed by atoms with Gasteiger partial charge in [0.15, 0.2) is 0 Å². The summed E-state index contributed by atoms with van der Waals surface area (Å²) in [6, 6.07) is 8.48. The van der Waals surface area contributed by atoms with Gasteiger partial charge in [-0.25, -0.2) is 9.97 Å². The van der Waals surface area contributed by atoms with Gasteiger partial charge in [0.05, 0.1) is 5.88 Å². The summed E-state index contributed by atoms with van der Waals surface area (Å²) in [5.41, 5.74) is 3.35. The van der Waals surface area contributed by atoms with Crippen LogP contribution in [0.1, 0.15) is 5.56 Å². The topological polar surface area (TPSA) is 25.8 Å². The van der Waals surface area contributed by atoms with Crippen LogP contribution < -0.4 is 0 Å². The van der Waals surface area contributed by atoms with E-state index in [-0.39, 0.29) is 21.5 Å². The SMILES string of the molecule is ClCc1c(Cl)nc(Cl)nc1Cl.c1cc2cc-2c1. The van der Waals surface area contributed by atoms with Crippen LogP contribution in [0.3, 0.4) is 0 Å². The molecule has 0 atom stereocenters. The van der Waals surface area contributed by atoms with Gasteiger partial charge in [0.25, 0.3) is 0 Å². The second-order valence-corrected chi connectivity index (χ2v) is 4.59. The fraction of sp³-hybridized carbons (Fsp3) is 0.0909. The molecule has 0 saturated carbocycles. The highest BCUT2D eigenvalue weighted by Gasteiger charge is 2.08. The molecule has 0 spiro atoms. The Balaban J connectivity index is 0.000000148. The number of alkyl halides is 1. The largest absolute Gasteiger partial charge is 0.225 e. The first-order chi connectivity index (χ1) is 8.11. The van der Waals surface area contributed by atoms with Gasteiger partial charge in [-0.15, -0.1) is 11.6 Å². The van der Waals surface area contributed by atoms with Crippen molar-refractivity contribution in [3.8, 4) is 11.1 Å². The van der Waals surface area contributed by atoms with E-state index in [1.807, 2.05) is 0 Å². The summed E-state index contributed by atoms with van der Waals surface area (Å²) in [6.07, 6.45) is 0. The molecule has 88 valence electrons. The van der Waals surface area contributed by atoms with Crippen LogP contribution in [0.25, 0.3) is 11.1 Å². The molecule has 3 rings (SSSR count). The number of aromatic nitrogens is 2. The van der Waals surface area contributed by atoms with Crippen LogP contribution in [0.4, 0.5) is 0 Å². The van der Waals surface area contributed by atoms with Gasteiger partial charge in [-0.1, -0.05) is 41.4 Å². The number of nitrogens with zero attached hydrogens (tertiary/aromatic N) is 2. The first kappa shape index (κ1) is 12.9. The van der Waals surface area contributed by atoms with E-state index in [9.17, 15) is 0 Å². The van der Waals surface area contributed by atoms with Gasteiger partial charge in [0, 0.05) is 5.56 Å². The number of hydrogen-bond acceptors (Lipinski definition) is 2. The number of benzene rings is 1. The second-order valence-electron chi connectivity index (χ2n) is 3.27.